The van der Waals surface area contributed by atoms with Crippen LogP contribution in [0.25, 0.3) is 0 Å². The Balaban J connectivity index is 2.47. The normalized spacial score (nSPS) is 18.6. The van der Waals surface area contributed by atoms with Gasteiger partial charge in [0, 0.05) is 0 Å². The summed E-state index contributed by atoms with van der Waals surface area (Å²) in [6.07, 6.45) is -4.11. The zero-order valence-electron chi connectivity index (χ0n) is 8.31. The summed E-state index contributed by atoms with van der Waals surface area (Å²) in [7, 11) is 0. The molecule has 3 nitrogen and oxygen atoms in total. The fraction of sp³-hybridized carbons (Fsp3) is 0.556. The van der Waals surface area contributed by atoms with Crippen molar-refractivity contribution in [2.45, 2.75) is 31.5 Å². The van der Waals surface area contributed by atoms with Crippen LogP contribution < -0.4 is 0 Å². The van der Waals surface area contributed by atoms with Crippen LogP contribution in [-0.4, -0.2) is 21.7 Å². The average Bonchev–Trinajstić information content (AvgIpc) is 2.85. The summed E-state index contributed by atoms with van der Waals surface area (Å²) in [5.41, 5.74) is -2.65. The average molecular weight is 236 g/mol. The monoisotopic (exact) mass is 236 g/mol. The van der Waals surface area contributed by atoms with Gasteiger partial charge < -0.3 is 0 Å². The fourth-order valence-corrected chi connectivity index (χ4v) is 1.60. The molecule has 1 heterocycles. The topological polar surface area (TPSA) is 34.9 Å². The van der Waals surface area contributed by atoms with Gasteiger partial charge in [-0.1, -0.05) is 0 Å². The lowest BCUT2D eigenvalue weighted by Gasteiger charge is -2.19. The molecule has 1 aliphatic carbocycles. The van der Waals surface area contributed by atoms with Crippen LogP contribution >= 0.6 is 0 Å². The number of ketones is 1. The van der Waals surface area contributed by atoms with Crippen molar-refractivity contribution in [3.05, 3.63) is 17.7 Å². The van der Waals surface area contributed by atoms with Crippen molar-refractivity contribution in [2.75, 3.05) is 0 Å². The number of hydrogen-bond donors (Lipinski definition) is 0. The maximum Gasteiger partial charge on any atom is 0.413 e. The van der Waals surface area contributed by atoms with Crippen molar-refractivity contribution < 1.29 is 22.4 Å². The van der Waals surface area contributed by atoms with E-state index in [4.69, 9.17) is 0 Å². The number of hydrogen-bond acceptors (Lipinski definition) is 2. The number of carbonyl (C=O) groups excluding carboxylic acids is 1. The SMILES string of the molecule is CC(=O)c1cnn(C2(C(F)(F)F)CC2)c1F. The Morgan fingerprint density at radius 3 is 2.38 bits per heavy atom. The Hall–Kier alpha value is -1.40. The first kappa shape index (κ1) is 11.1. The second kappa shape index (κ2) is 3.05. The van der Waals surface area contributed by atoms with Gasteiger partial charge in [0.25, 0.3) is 0 Å². The van der Waals surface area contributed by atoms with Crippen LogP contribution in [0.1, 0.15) is 30.1 Å². The molecule has 0 aliphatic heterocycles. The van der Waals surface area contributed by atoms with Crippen molar-refractivity contribution in [3.8, 4) is 0 Å². The lowest BCUT2D eigenvalue weighted by Crippen LogP contribution is -2.36. The molecule has 0 spiro atoms. The number of aromatic nitrogens is 2. The second-order valence-corrected chi connectivity index (χ2v) is 3.85. The van der Waals surface area contributed by atoms with E-state index in [1.54, 1.807) is 0 Å². The van der Waals surface area contributed by atoms with E-state index in [-0.39, 0.29) is 17.5 Å². The maximum absolute atomic E-state index is 13.5. The molecular weight excluding hydrogens is 228 g/mol. The molecule has 1 fully saturated rings. The van der Waals surface area contributed by atoms with Gasteiger partial charge >= 0.3 is 6.18 Å². The lowest BCUT2D eigenvalue weighted by molar-refractivity contribution is -0.184. The van der Waals surface area contributed by atoms with E-state index in [0.29, 0.717) is 0 Å². The first-order valence-corrected chi connectivity index (χ1v) is 4.61. The summed E-state index contributed by atoms with van der Waals surface area (Å²) in [6, 6.07) is 0. The highest BCUT2D eigenvalue weighted by Crippen LogP contribution is 2.55. The molecule has 0 bridgehead atoms. The molecule has 1 saturated carbocycles. The minimum Gasteiger partial charge on any atom is -0.294 e. The van der Waals surface area contributed by atoms with Crippen LogP contribution in [-0.2, 0) is 5.54 Å². The Bertz CT molecular complexity index is 445. The van der Waals surface area contributed by atoms with Crippen molar-refractivity contribution in [2.24, 2.45) is 0 Å². The van der Waals surface area contributed by atoms with Crippen molar-refractivity contribution in [3.63, 3.8) is 0 Å². The number of Topliss-reactive ketones (excluding diaryl/α,β-unsaturated/α-hetero) is 1. The standard InChI is InChI=1S/C9H8F4N2O/c1-5(16)6-4-14-15(7(6)10)8(2-3-8)9(11,12)13/h4H,2-3H2,1H3. The molecule has 1 aromatic rings. The van der Waals surface area contributed by atoms with E-state index in [0.717, 1.165) is 13.1 Å². The van der Waals surface area contributed by atoms with E-state index in [1.165, 1.54) is 0 Å². The summed E-state index contributed by atoms with van der Waals surface area (Å²) in [6.45, 7) is 1.08. The molecule has 0 unspecified atom stereocenters. The summed E-state index contributed by atoms with van der Waals surface area (Å²) < 4.78 is 51.8. The van der Waals surface area contributed by atoms with Crippen molar-refractivity contribution in [1.29, 1.82) is 0 Å². The Kier molecular flexibility index (Phi) is 2.12. The molecule has 1 aromatic heterocycles. The minimum absolute atomic E-state index is 0.202. The molecule has 0 radical (unpaired) electrons. The molecule has 0 aromatic carbocycles. The van der Waals surface area contributed by atoms with Crippen LogP contribution in [0.3, 0.4) is 0 Å². The maximum atomic E-state index is 13.5. The predicted octanol–water partition coefficient (Wildman–Crippen LogP) is 2.28. The van der Waals surface area contributed by atoms with Crippen LogP contribution in [0.2, 0.25) is 0 Å². The van der Waals surface area contributed by atoms with Crippen LogP contribution in [0.4, 0.5) is 17.6 Å². The third-order valence-corrected chi connectivity index (χ3v) is 2.75. The van der Waals surface area contributed by atoms with Crippen molar-refractivity contribution >= 4 is 5.78 Å². The molecule has 0 saturated heterocycles. The van der Waals surface area contributed by atoms with Crippen LogP contribution in [0, 0.1) is 5.95 Å². The third-order valence-electron chi connectivity index (χ3n) is 2.75. The summed E-state index contributed by atoms with van der Waals surface area (Å²) >= 11 is 0. The Labute approximate surface area is 88.0 Å². The molecule has 88 valence electrons. The zero-order chi connectivity index (χ0) is 12.1. The summed E-state index contributed by atoms with van der Waals surface area (Å²) in [4.78, 5) is 10.9. The van der Waals surface area contributed by atoms with E-state index < -0.39 is 29.0 Å². The highest BCUT2D eigenvalue weighted by atomic mass is 19.4. The van der Waals surface area contributed by atoms with E-state index in [9.17, 15) is 22.4 Å². The van der Waals surface area contributed by atoms with E-state index >= 15 is 0 Å². The Morgan fingerprint density at radius 2 is 2.06 bits per heavy atom. The highest BCUT2D eigenvalue weighted by molar-refractivity contribution is 5.93. The third kappa shape index (κ3) is 1.34. The van der Waals surface area contributed by atoms with Gasteiger partial charge in [-0.2, -0.15) is 22.7 Å². The summed E-state index contributed by atoms with van der Waals surface area (Å²) in [5.74, 6) is -1.84. The molecule has 0 N–H and O–H groups in total. The Morgan fingerprint density at radius 1 is 1.50 bits per heavy atom. The van der Waals surface area contributed by atoms with Gasteiger partial charge in [0.05, 0.1) is 11.8 Å². The molecule has 1 aliphatic rings. The predicted molar refractivity (Wildman–Crippen MR) is 45.5 cm³/mol. The number of nitrogens with zero attached hydrogens (tertiary/aromatic N) is 2. The van der Waals surface area contributed by atoms with Crippen molar-refractivity contribution in [1.82, 2.24) is 9.78 Å². The first-order chi connectivity index (χ1) is 7.29. The van der Waals surface area contributed by atoms with E-state index in [2.05, 4.69) is 5.10 Å². The van der Waals surface area contributed by atoms with Gasteiger partial charge in [0.1, 0.15) is 0 Å². The molecule has 7 heteroatoms. The molecule has 0 atom stereocenters. The molecule has 16 heavy (non-hydrogen) atoms. The highest BCUT2D eigenvalue weighted by Gasteiger charge is 2.66. The van der Waals surface area contributed by atoms with Crippen LogP contribution in [0.15, 0.2) is 6.20 Å². The summed E-state index contributed by atoms with van der Waals surface area (Å²) in [5, 5.41) is 3.34. The molecule has 2 rings (SSSR count). The number of alkyl halides is 3. The van der Waals surface area contributed by atoms with Gasteiger partial charge in [0.15, 0.2) is 11.3 Å². The van der Waals surface area contributed by atoms with Gasteiger partial charge in [-0.05, 0) is 19.8 Å². The van der Waals surface area contributed by atoms with Crippen LogP contribution in [0.5, 0.6) is 0 Å². The smallest absolute Gasteiger partial charge is 0.294 e. The quantitative estimate of drug-likeness (QED) is 0.583. The zero-order valence-corrected chi connectivity index (χ0v) is 8.31. The van der Waals surface area contributed by atoms with Gasteiger partial charge in [0.2, 0.25) is 5.95 Å². The fourth-order valence-electron chi connectivity index (χ4n) is 1.60. The number of halogens is 4. The largest absolute Gasteiger partial charge is 0.413 e. The number of carbonyl (C=O) groups is 1. The molecule has 0 amide bonds. The van der Waals surface area contributed by atoms with Gasteiger partial charge in [-0.25, -0.2) is 4.68 Å². The van der Waals surface area contributed by atoms with Gasteiger partial charge in [-0.3, -0.25) is 4.79 Å². The molecular formula is C9H8F4N2O. The minimum atomic E-state index is -4.55. The van der Waals surface area contributed by atoms with E-state index in [1.807, 2.05) is 0 Å². The number of rotatable bonds is 2. The van der Waals surface area contributed by atoms with Gasteiger partial charge in [-0.15, -0.1) is 0 Å². The first-order valence-electron chi connectivity index (χ1n) is 4.61. The lowest BCUT2D eigenvalue weighted by atomic mass is 10.2. The second-order valence-electron chi connectivity index (χ2n) is 3.85.